The lowest BCUT2D eigenvalue weighted by molar-refractivity contribution is 0.109. The first kappa shape index (κ1) is 9.15. The highest BCUT2D eigenvalue weighted by Gasteiger charge is 2.04. The number of aldehydes is 1. The van der Waals surface area contributed by atoms with Crippen LogP contribution in [0.2, 0.25) is 0 Å². The van der Waals surface area contributed by atoms with Gasteiger partial charge < -0.3 is 4.52 Å². The number of hydrogen-bond acceptors (Lipinski definition) is 3. The normalized spacial score (nSPS) is 10.1. The number of carbonyl (C=O) groups excluding carboxylic acids is 1. The van der Waals surface area contributed by atoms with Crippen LogP contribution in [0.15, 0.2) is 39.3 Å². The third kappa shape index (κ3) is 1.75. The zero-order valence-corrected chi connectivity index (χ0v) is 8.69. The Kier molecular flexibility index (Phi) is 2.45. The molecule has 0 unspecified atom stereocenters. The van der Waals surface area contributed by atoms with E-state index in [1.807, 2.05) is 24.3 Å². The van der Waals surface area contributed by atoms with Crippen LogP contribution in [-0.2, 0) is 0 Å². The first-order valence-electron chi connectivity index (χ1n) is 3.97. The molecule has 0 radical (unpaired) electrons. The Morgan fingerprint density at radius 1 is 1.29 bits per heavy atom. The van der Waals surface area contributed by atoms with Crippen LogP contribution in [0.4, 0.5) is 0 Å². The van der Waals surface area contributed by atoms with Gasteiger partial charge in [-0.25, -0.2) is 0 Å². The molecule has 70 valence electrons. The van der Waals surface area contributed by atoms with Gasteiger partial charge in [0.2, 0.25) is 0 Å². The van der Waals surface area contributed by atoms with Gasteiger partial charge in [-0.3, -0.25) is 4.79 Å². The van der Waals surface area contributed by atoms with Gasteiger partial charge in [0, 0.05) is 16.1 Å². The quantitative estimate of drug-likeness (QED) is 0.771. The van der Waals surface area contributed by atoms with Gasteiger partial charge in [-0.1, -0.05) is 33.2 Å². The van der Waals surface area contributed by atoms with E-state index in [1.54, 1.807) is 6.07 Å². The van der Waals surface area contributed by atoms with Crippen molar-refractivity contribution in [3.63, 3.8) is 0 Å². The van der Waals surface area contributed by atoms with Gasteiger partial charge in [0.15, 0.2) is 12.0 Å². The highest BCUT2D eigenvalue weighted by molar-refractivity contribution is 9.10. The molecule has 0 amide bonds. The van der Waals surface area contributed by atoms with Gasteiger partial charge in [0.05, 0.1) is 0 Å². The lowest BCUT2D eigenvalue weighted by Gasteiger charge is -1.93. The molecule has 4 heteroatoms. The van der Waals surface area contributed by atoms with E-state index in [4.69, 9.17) is 4.52 Å². The Labute approximate surface area is 88.8 Å². The second kappa shape index (κ2) is 3.75. The molecule has 0 saturated carbocycles. The molecule has 2 rings (SSSR count). The Hall–Kier alpha value is -1.42. The number of aromatic nitrogens is 1. The summed E-state index contributed by atoms with van der Waals surface area (Å²) >= 11 is 3.34. The Bertz CT molecular complexity index is 447. The van der Waals surface area contributed by atoms with Crippen molar-refractivity contribution in [1.82, 2.24) is 5.16 Å². The van der Waals surface area contributed by atoms with E-state index in [-0.39, 0.29) is 5.76 Å². The first-order chi connectivity index (χ1) is 6.79. The molecular formula is C10H6BrNO2. The molecular weight excluding hydrogens is 246 g/mol. The average molecular weight is 252 g/mol. The Morgan fingerprint density at radius 2 is 2.00 bits per heavy atom. The molecule has 0 saturated heterocycles. The lowest BCUT2D eigenvalue weighted by Crippen LogP contribution is -1.75. The fourth-order valence-electron chi connectivity index (χ4n) is 1.10. The number of carbonyl (C=O) groups is 1. The summed E-state index contributed by atoms with van der Waals surface area (Å²) in [4.78, 5) is 10.4. The summed E-state index contributed by atoms with van der Waals surface area (Å²) in [7, 11) is 0. The van der Waals surface area contributed by atoms with Crippen LogP contribution in [0.25, 0.3) is 11.3 Å². The topological polar surface area (TPSA) is 43.1 Å². The van der Waals surface area contributed by atoms with E-state index in [0.717, 1.165) is 10.0 Å². The molecule has 2 aromatic rings. The van der Waals surface area contributed by atoms with Crippen molar-refractivity contribution < 1.29 is 9.32 Å². The van der Waals surface area contributed by atoms with Gasteiger partial charge in [-0.05, 0) is 12.1 Å². The summed E-state index contributed by atoms with van der Waals surface area (Å²) in [6.45, 7) is 0. The summed E-state index contributed by atoms with van der Waals surface area (Å²) in [5.74, 6) is 0.239. The van der Waals surface area contributed by atoms with Gasteiger partial charge in [0.25, 0.3) is 0 Å². The largest absolute Gasteiger partial charge is 0.353 e. The second-order valence-electron chi connectivity index (χ2n) is 2.74. The van der Waals surface area contributed by atoms with Crippen molar-refractivity contribution in [3.05, 3.63) is 40.6 Å². The van der Waals surface area contributed by atoms with Crippen LogP contribution in [0.1, 0.15) is 10.6 Å². The third-order valence-corrected chi connectivity index (χ3v) is 2.31. The van der Waals surface area contributed by atoms with Crippen LogP contribution < -0.4 is 0 Å². The predicted molar refractivity (Wildman–Crippen MR) is 55.0 cm³/mol. The van der Waals surface area contributed by atoms with E-state index in [1.165, 1.54) is 0 Å². The predicted octanol–water partition coefficient (Wildman–Crippen LogP) is 2.92. The highest BCUT2D eigenvalue weighted by Crippen LogP contribution is 2.20. The molecule has 1 aromatic heterocycles. The van der Waals surface area contributed by atoms with E-state index in [0.29, 0.717) is 12.0 Å². The minimum atomic E-state index is 0.239. The summed E-state index contributed by atoms with van der Waals surface area (Å²) < 4.78 is 5.77. The molecule has 0 aliphatic carbocycles. The molecule has 0 bridgehead atoms. The molecule has 0 aliphatic heterocycles. The van der Waals surface area contributed by atoms with Crippen molar-refractivity contribution in [3.8, 4) is 11.3 Å². The van der Waals surface area contributed by atoms with Crippen LogP contribution in [-0.4, -0.2) is 11.4 Å². The fourth-order valence-corrected chi connectivity index (χ4v) is 1.37. The summed E-state index contributed by atoms with van der Waals surface area (Å²) in [6, 6.07) is 9.22. The molecule has 0 N–H and O–H groups in total. The average Bonchev–Trinajstić information content (AvgIpc) is 2.67. The zero-order valence-electron chi connectivity index (χ0n) is 7.11. The van der Waals surface area contributed by atoms with Crippen molar-refractivity contribution >= 4 is 22.2 Å². The Morgan fingerprint density at radius 3 is 2.57 bits per heavy atom. The monoisotopic (exact) mass is 251 g/mol. The van der Waals surface area contributed by atoms with Gasteiger partial charge >= 0.3 is 0 Å². The van der Waals surface area contributed by atoms with Crippen LogP contribution in [0.5, 0.6) is 0 Å². The second-order valence-corrected chi connectivity index (χ2v) is 3.65. The number of nitrogens with zero attached hydrogens (tertiary/aromatic N) is 1. The third-order valence-electron chi connectivity index (χ3n) is 1.78. The molecule has 0 spiro atoms. The standard InChI is InChI=1S/C10H6BrNO2/c11-8-3-1-7(2-4-8)10-5-9(6-13)14-12-10/h1-6H. The summed E-state index contributed by atoms with van der Waals surface area (Å²) in [6.07, 6.45) is 0.634. The van der Waals surface area contributed by atoms with Crippen molar-refractivity contribution in [2.45, 2.75) is 0 Å². The lowest BCUT2D eigenvalue weighted by atomic mass is 10.1. The maximum absolute atomic E-state index is 10.4. The molecule has 14 heavy (non-hydrogen) atoms. The number of benzene rings is 1. The van der Waals surface area contributed by atoms with Gasteiger partial charge in [-0.2, -0.15) is 0 Å². The van der Waals surface area contributed by atoms with Crippen molar-refractivity contribution in [2.75, 3.05) is 0 Å². The molecule has 0 atom stereocenters. The molecule has 0 fully saturated rings. The van der Waals surface area contributed by atoms with Crippen LogP contribution >= 0.6 is 15.9 Å². The van der Waals surface area contributed by atoms with Gasteiger partial charge in [0.1, 0.15) is 5.69 Å². The number of rotatable bonds is 2. The number of halogens is 1. The maximum atomic E-state index is 10.4. The maximum Gasteiger partial charge on any atom is 0.199 e. The first-order valence-corrected chi connectivity index (χ1v) is 4.77. The van der Waals surface area contributed by atoms with E-state index in [9.17, 15) is 4.79 Å². The zero-order chi connectivity index (χ0) is 9.97. The SMILES string of the molecule is O=Cc1cc(-c2ccc(Br)cc2)no1. The molecule has 0 aliphatic rings. The summed E-state index contributed by atoms with van der Waals surface area (Å²) in [5, 5.41) is 3.77. The van der Waals surface area contributed by atoms with Crippen molar-refractivity contribution in [2.24, 2.45) is 0 Å². The molecule has 1 aromatic carbocycles. The molecule has 3 nitrogen and oxygen atoms in total. The smallest absolute Gasteiger partial charge is 0.199 e. The minimum Gasteiger partial charge on any atom is -0.353 e. The van der Waals surface area contributed by atoms with Crippen LogP contribution in [0, 0.1) is 0 Å². The number of hydrogen-bond donors (Lipinski definition) is 0. The van der Waals surface area contributed by atoms with E-state index in [2.05, 4.69) is 21.1 Å². The minimum absolute atomic E-state index is 0.239. The molecule has 1 heterocycles. The summed E-state index contributed by atoms with van der Waals surface area (Å²) in [5.41, 5.74) is 1.59. The van der Waals surface area contributed by atoms with Crippen LogP contribution in [0.3, 0.4) is 0 Å². The van der Waals surface area contributed by atoms with Crippen molar-refractivity contribution in [1.29, 1.82) is 0 Å². The van der Waals surface area contributed by atoms with Gasteiger partial charge in [-0.15, -0.1) is 0 Å². The Balaban J connectivity index is 2.39. The highest BCUT2D eigenvalue weighted by atomic mass is 79.9. The van der Waals surface area contributed by atoms with E-state index < -0.39 is 0 Å². The fraction of sp³-hybridized carbons (Fsp3) is 0. The van der Waals surface area contributed by atoms with E-state index >= 15 is 0 Å².